The van der Waals surface area contributed by atoms with E-state index < -0.39 is 11.6 Å². The summed E-state index contributed by atoms with van der Waals surface area (Å²) in [6, 6.07) is 10.9. The number of aromatic nitrogens is 2. The summed E-state index contributed by atoms with van der Waals surface area (Å²) in [5.74, 6) is -0.575. The van der Waals surface area contributed by atoms with Crippen molar-refractivity contribution in [2.45, 2.75) is 6.42 Å². The third kappa shape index (κ3) is 2.25. The maximum absolute atomic E-state index is 13.7. The van der Waals surface area contributed by atoms with E-state index in [-0.39, 0.29) is 6.42 Å². The van der Waals surface area contributed by atoms with Crippen molar-refractivity contribution in [3.63, 3.8) is 0 Å². The highest BCUT2D eigenvalue weighted by Gasteiger charge is 2.13. The van der Waals surface area contributed by atoms with Gasteiger partial charge in [-0.2, -0.15) is 5.26 Å². The number of halogens is 2. The largest absolute Gasteiger partial charge is 0.331 e. The number of aryl methyl sites for hydroxylation is 1. The number of rotatable bonds is 2. The van der Waals surface area contributed by atoms with E-state index >= 15 is 0 Å². The topological polar surface area (TPSA) is 41.6 Å². The van der Waals surface area contributed by atoms with Gasteiger partial charge in [-0.3, -0.25) is 0 Å². The molecule has 0 unspecified atom stereocenters. The quantitative estimate of drug-likeness (QED) is 0.724. The van der Waals surface area contributed by atoms with Crippen molar-refractivity contribution in [1.29, 1.82) is 5.26 Å². The summed E-state index contributed by atoms with van der Waals surface area (Å²) in [5.41, 5.74) is 2.26. The predicted octanol–water partition coefficient (Wildman–Crippen LogP) is 3.31. The molecule has 21 heavy (non-hydrogen) atoms. The van der Waals surface area contributed by atoms with Crippen LogP contribution in [0, 0.1) is 23.0 Å². The molecule has 2 aromatic carbocycles. The third-order valence-corrected chi connectivity index (χ3v) is 3.49. The van der Waals surface area contributed by atoms with Crippen LogP contribution in [0.2, 0.25) is 0 Å². The molecule has 0 atom stereocenters. The number of fused-ring (bicyclic) bond motifs is 1. The zero-order valence-electron chi connectivity index (χ0n) is 11.3. The molecule has 3 rings (SSSR count). The summed E-state index contributed by atoms with van der Waals surface area (Å²) in [4.78, 5) is 4.42. The molecule has 0 aliphatic rings. The van der Waals surface area contributed by atoms with Crippen LogP contribution >= 0.6 is 0 Å². The molecule has 1 heterocycles. The second kappa shape index (κ2) is 4.98. The minimum Gasteiger partial charge on any atom is -0.331 e. The molecular weight excluding hydrogens is 272 g/mol. The van der Waals surface area contributed by atoms with Gasteiger partial charge >= 0.3 is 0 Å². The first kappa shape index (κ1) is 13.3. The van der Waals surface area contributed by atoms with Gasteiger partial charge in [-0.15, -0.1) is 0 Å². The van der Waals surface area contributed by atoms with Gasteiger partial charge in [0, 0.05) is 19.5 Å². The highest BCUT2D eigenvalue weighted by atomic mass is 19.1. The smallest absolute Gasteiger partial charge is 0.129 e. The normalized spacial score (nSPS) is 10.8. The lowest BCUT2D eigenvalue weighted by Gasteiger charge is -2.04. The highest BCUT2D eigenvalue weighted by molar-refractivity contribution is 5.82. The van der Waals surface area contributed by atoms with Crippen molar-refractivity contribution < 1.29 is 8.78 Å². The Kier molecular flexibility index (Phi) is 3.15. The van der Waals surface area contributed by atoms with Crippen LogP contribution in [-0.2, 0) is 13.5 Å². The Morgan fingerprint density at radius 2 is 2.05 bits per heavy atom. The average molecular weight is 283 g/mol. The molecule has 0 N–H and O–H groups in total. The molecule has 0 saturated carbocycles. The number of imidazole rings is 1. The zero-order valence-corrected chi connectivity index (χ0v) is 11.3. The molecule has 0 radical (unpaired) electrons. The fourth-order valence-corrected chi connectivity index (χ4v) is 2.35. The van der Waals surface area contributed by atoms with E-state index in [2.05, 4.69) is 11.1 Å². The van der Waals surface area contributed by atoms with E-state index in [1.54, 1.807) is 12.1 Å². The fourth-order valence-electron chi connectivity index (χ4n) is 2.35. The lowest BCUT2D eigenvalue weighted by molar-refractivity contribution is 0.573. The molecule has 3 nitrogen and oxygen atoms in total. The zero-order chi connectivity index (χ0) is 15.0. The number of hydrogen-bond acceptors (Lipinski definition) is 2. The van der Waals surface area contributed by atoms with Gasteiger partial charge in [-0.25, -0.2) is 13.8 Å². The van der Waals surface area contributed by atoms with Crippen LogP contribution in [0.1, 0.15) is 17.0 Å². The van der Waals surface area contributed by atoms with Crippen LogP contribution in [0.3, 0.4) is 0 Å². The fraction of sp³-hybridized carbons (Fsp3) is 0.125. The molecule has 0 bridgehead atoms. The van der Waals surface area contributed by atoms with E-state index in [4.69, 9.17) is 5.26 Å². The molecule has 0 aliphatic heterocycles. The minimum atomic E-state index is -0.604. The Balaban J connectivity index is 2.09. The Morgan fingerprint density at radius 1 is 1.24 bits per heavy atom. The minimum absolute atomic E-state index is 0.238. The Labute approximate surface area is 120 Å². The van der Waals surface area contributed by atoms with Gasteiger partial charge in [0.25, 0.3) is 0 Å². The second-order valence-electron chi connectivity index (χ2n) is 4.78. The Hall–Kier alpha value is -2.74. The molecule has 1 aromatic heterocycles. The summed E-state index contributed by atoms with van der Waals surface area (Å²) in [5, 5.41) is 9.10. The standard InChI is InChI=1S/C16H11F2N3/c1-21-14-4-2-3-11(9-19)16(14)20-15(21)7-10-5-6-12(17)8-13(10)18/h2-6,8H,7H2,1H3. The number of nitrogens with zero attached hydrogens (tertiary/aromatic N) is 3. The van der Waals surface area contributed by atoms with E-state index in [1.165, 1.54) is 12.1 Å². The van der Waals surface area contributed by atoms with Crippen molar-refractivity contribution >= 4 is 11.0 Å². The van der Waals surface area contributed by atoms with Crippen molar-refractivity contribution in [3.05, 3.63) is 65.0 Å². The van der Waals surface area contributed by atoms with Crippen molar-refractivity contribution in [2.75, 3.05) is 0 Å². The summed E-state index contributed by atoms with van der Waals surface area (Å²) in [7, 11) is 1.81. The molecule has 0 amide bonds. The first-order chi connectivity index (χ1) is 10.1. The van der Waals surface area contributed by atoms with Gasteiger partial charge < -0.3 is 4.57 Å². The van der Waals surface area contributed by atoms with Crippen LogP contribution in [-0.4, -0.2) is 9.55 Å². The third-order valence-electron chi connectivity index (χ3n) is 3.49. The van der Waals surface area contributed by atoms with Gasteiger partial charge in [0.05, 0.1) is 11.1 Å². The van der Waals surface area contributed by atoms with Gasteiger partial charge in [0.15, 0.2) is 0 Å². The molecule has 3 aromatic rings. The molecule has 0 saturated heterocycles. The van der Waals surface area contributed by atoms with Gasteiger partial charge in [0.2, 0.25) is 0 Å². The van der Waals surface area contributed by atoms with Crippen LogP contribution in [0.5, 0.6) is 0 Å². The first-order valence-electron chi connectivity index (χ1n) is 6.38. The monoisotopic (exact) mass is 283 g/mol. The molecule has 0 aliphatic carbocycles. The van der Waals surface area contributed by atoms with Crippen molar-refractivity contribution in [1.82, 2.24) is 9.55 Å². The average Bonchev–Trinajstić information content (AvgIpc) is 2.79. The molecule has 5 heteroatoms. The highest BCUT2D eigenvalue weighted by Crippen LogP contribution is 2.21. The van der Waals surface area contributed by atoms with E-state index in [9.17, 15) is 8.78 Å². The van der Waals surface area contributed by atoms with Gasteiger partial charge in [-0.1, -0.05) is 12.1 Å². The summed E-state index contributed by atoms with van der Waals surface area (Å²) in [6.07, 6.45) is 0.238. The van der Waals surface area contributed by atoms with Crippen LogP contribution in [0.15, 0.2) is 36.4 Å². The number of benzene rings is 2. The number of hydrogen-bond donors (Lipinski definition) is 0. The van der Waals surface area contributed by atoms with Crippen molar-refractivity contribution in [2.24, 2.45) is 7.05 Å². The van der Waals surface area contributed by atoms with Gasteiger partial charge in [0.1, 0.15) is 29.0 Å². The SMILES string of the molecule is Cn1c(Cc2ccc(F)cc2F)nc2c(C#N)cccc21. The lowest BCUT2D eigenvalue weighted by Crippen LogP contribution is -2.01. The lowest BCUT2D eigenvalue weighted by atomic mass is 10.1. The maximum atomic E-state index is 13.7. The Morgan fingerprint density at radius 3 is 2.76 bits per heavy atom. The summed E-state index contributed by atoms with van der Waals surface area (Å²) in [6.45, 7) is 0. The van der Waals surface area contributed by atoms with Crippen LogP contribution < -0.4 is 0 Å². The van der Waals surface area contributed by atoms with Crippen LogP contribution in [0.25, 0.3) is 11.0 Å². The Bertz CT molecular complexity index is 875. The number of nitriles is 1. The molecule has 0 fully saturated rings. The number of para-hydroxylation sites is 1. The summed E-state index contributed by atoms with van der Waals surface area (Å²) < 4.78 is 28.5. The van der Waals surface area contributed by atoms with Crippen molar-refractivity contribution in [3.8, 4) is 6.07 Å². The molecule has 0 spiro atoms. The van der Waals surface area contributed by atoms with E-state index in [1.807, 2.05) is 17.7 Å². The maximum Gasteiger partial charge on any atom is 0.129 e. The van der Waals surface area contributed by atoms with E-state index in [0.29, 0.717) is 22.5 Å². The second-order valence-corrected chi connectivity index (χ2v) is 4.78. The van der Waals surface area contributed by atoms with Crippen LogP contribution in [0.4, 0.5) is 8.78 Å². The van der Waals surface area contributed by atoms with Gasteiger partial charge in [-0.05, 0) is 23.8 Å². The first-order valence-corrected chi connectivity index (χ1v) is 6.38. The predicted molar refractivity (Wildman–Crippen MR) is 74.6 cm³/mol. The molecular formula is C16H11F2N3. The van der Waals surface area contributed by atoms with E-state index in [0.717, 1.165) is 11.6 Å². The molecule has 104 valence electrons. The summed E-state index contributed by atoms with van der Waals surface area (Å²) >= 11 is 0.